The Morgan fingerprint density at radius 3 is 2.66 bits per heavy atom. The summed E-state index contributed by atoms with van der Waals surface area (Å²) in [6.45, 7) is 6.55. The number of methoxy groups -OCH3 is 1. The summed E-state index contributed by atoms with van der Waals surface area (Å²) in [6, 6.07) is 4.54. The van der Waals surface area contributed by atoms with E-state index in [1.807, 2.05) is 20.8 Å². The van der Waals surface area contributed by atoms with E-state index >= 15 is 0 Å². The maximum atomic E-state index is 14.5. The van der Waals surface area contributed by atoms with E-state index in [0.717, 1.165) is 25.7 Å². The summed E-state index contributed by atoms with van der Waals surface area (Å²) in [6.07, 6.45) is 3.27. The van der Waals surface area contributed by atoms with E-state index in [2.05, 4.69) is 5.32 Å². The minimum atomic E-state index is -0.691. The Morgan fingerprint density at radius 1 is 1.26 bits per heavy atom. The van der Waals surface area contributed by atoms with Gasteiger partial charge in [0.15, 0.2) is 0 Å². The molecule has 0 aromatic heterocycles. The summed E-state index contributed by atoms with van der Waals surface area (Å²) in [7, 11) is 1.56. The number of carbonyl (C=O) groups is 2. The minimum absolute atomic E-state index is 0.0117. The van der Waals surface area contributed by atoms with Crippen LogP contribution in [-0.2, 0) is 19.0 Å². The predicted molar refractivity (Wildman–Crippen MR) is 127 cm³/mol. The largest absolute Gasteiger partial charge is 0.496 e. The van der Waals surface area contributed by atoms with Gasteiger partial charge in [-0.25, -0.2) is 9.18 Å². The Hall–Kier alpha value is -2.39. The number of morpholine rings is 1. The van der Waals surface area contributed by atoms with Crippen LogP contribution in [0.2, 0.25) is 0 Å². The Balaban J connectivity index is 1.41. The number of ether oxygens (including phenoxy) is 4. The molecule has 0 bridgehead atoms. The van der Waals surface area contributed by atoms with E-state index in [4.69, 9.17) is 18.9 Å². The molecular weight excluding hydrogens is 455 g/mol. The van der Waals surface area contributed by atoms with Gasteiger partial charge in [-0.05, 0) is 70.9 Å². The number of carbonyl (C=O) groups excluding carboxylic acids is 2. The number of amides is 2. The van der Waals surface area contributed by atoms with Gasteiger partial charge in [0.25, 0.3) is 0 Å². The fourth-order valence-corrected chi connectivity index (χ4v) is 5.56. The van der Waals surface area contributed by atoms with E-state index in [0.29, 0.717) is 30.9 Å². The number of nitrogens with one attached hydrogen (secondary N) is 1. The zero-order chi connectivity index (χ0) is 25.2. The Kier molecular flexibility index (Phi) is 7.57. The van der Waals surface area contributed by atoms with Crippen LogP contribution in [0, 0.1) is 5.82 Å². The number of hydrogen-bond donors (Lipinski definition) is 1. The van der Waals surface area contributed by atoms with E-state index < -0.39 is 23.3 Å². The highest BCUT2D eigenvalue weighted by Crippen LogP contribution is 2.40. The number of hydrogen-bond acceptors (Lipinski definition) is 6. The van der Waals surface area contributed by atoms with Gasteiger partial charge in [0, 0.05) is 12.1 Å². The molecule has 0 radical (unpaired) electrons. The zero-order valence-corrected chi connectivity index (χ0v) is 21.1. The van der Waals surface area contributed by atoms with Gasteiger partial charge in [-0.15, -0.1) is 0 Å². The van der Waals surface area contributed by atoms with Gasteiger partial charge in [-0.1, -0.05) is 6.07 Å². The number of benzene rings is 1. The maximum absolute atomic E-state index is 14.5. The number of rotatable bonds is 5. The Morgan fingerprint density at radius 2 is 2.00 bits per heavy atom. The summed E-state index contributed by atoms with van der Waals surface area (Å²) >= 11 is 0. The highest BCUT2D eigenvalue weighted by atomic mass is 19.1. The summed E-state index contributed by atoms with van der Waals surface area (Å²) in [5.41, 5.74) is -0.679. The van der Waals surface area contributed by atoms with E-state index in [-0.39, 0.29) is 37.0 Å². The van der Waals surface area contributed by atoms with Crippen LogP contribution in [0.15, 0.2) is 18.2 Å². The second kappa shape index (κ2) is 10.3. The lowest BCUT2D eigenvalue weighted by atomic mass is 9.82. The second-order valence-electron chi connectivity index (χ2n) is 10.8. The van der Waals surface area contributed by atoms with E-state index in [1.54, 1.807) is 24.1 Å². The third-order valence-corrected chi connectivity index (χ3v) is 7.23. The number of likely N-dealkylation sites (tertiary alicyclic amines) is 1. The smallest absolute Gasteiger partial charge is 0.410 e. The van der Waals surface area contributed by atoms with Crippen molar-refractivity contribution in [3.05, 3.63) is 29.6 Å². The fraction of sp³-hybridized carbons (Fsp3) is 0.692. The number of nitrogens with zero attached hydrogens (tertiary/aromatic N) is 1. The molecule has 2 amide bonds. The first-order valence-electron chi connectivity index (χ1n) is 12.4. The molecule has 2 aliphatic heterocycles. The monoisotopic (exact) mass is 492 g/mol. The van der Waals surface area contributed by atoms with Crippen molar-refractivity contribution >= 4 is 12.0 Å². The van der Waals surface area contributed by atoms with Gasteiger partial charge in [0.1, 0.15) is 23.8 Å². The molecule has 1 aromatic rings. The molecule has 9 heteroatoms. The van der Waals surface area contributed by atoms with Crippen LogP contribution in [0.1, 0.15) is 64.4 Å². The van der Waals surface area contributed by atoms with Crippen molar-refractivity contribution in [3.63, 3.8) is 0 Å². The fourth-order valence-electron chi connectivity index (χ4n) is 5.56. The minimum Gasteiger partial charge on any atom is -0.496 e. The third-order valence-electron chi connectivity index (χ3n) is 7.23. The van der Waals surface area contributed by atoms with Crippen LogP contribution in [0.3, 0.4) is 0 Å². The molecule has 1 spiro atoms. The standard InChI is InChI=1S/C26H37FN2O6/c1-25(2,3)35-24(31)29-13-12-26(16-33-15-22(30)28-26)21(29)14-34-18-10-8-17(9-11-18)23-19(27)6-5-7-20(23)32-4/h5-7,17-18,21H,8-16H2,1-4H3,(H,28,30). The lowest BCUT2D eigenvalue weighted by molar-refractivity contribution is -0.137. The zero-order valence-electron chi connectivity index (χ0n) is 21.1. The lowest BCUT2D eigenvalue weighted by Crippen LogP contribution is -2.65. The van der Waals surface area contributed by atoms with Crippen LogP contribution in [0.5, 0.6) is 5.75 Å². The molecule has 35 heavy (non-hydrogen) atoms. The van der Waals surface area contributed by atoms with Gasteiger partial charge in [-0.3, -0.25) is 4.79 Å². The molecule has 8 nitrogen and oxygen atoms in total. The van der Waals surface area contributed by atoms with Gasteiger partial charge in [-0.2, -0.15) is 0 Å². The molecule has 1 aliphatic carbocycles. The SMILES string of the molecule is COc1cccc(F)c1C1CCC(OCC2N(C(=O)OC(C)(C)C)CCC23COCC(=O)N3)CC1. The molecule has 4 rings (SSSR count). The predicted octanol–water partition coefficient (Wildman–Crippen LogP) is 3.77. The molecule has 3 fully saturated rings. The molecule has 2 saturated heterocycles. The van der Waals surface area contributed by atoms with Crippen molar-refractivity contribution in [2.75, 3.05) is 33.5 Å². The van der Waals surface area contributed by atoms with Gasteiger partial charge < -0.3 is 29.2 Å². The summed E-state index contributed by atoms with van der Waals surface area (Å²) < 4.78 is 37.5. The lowest BCUT2D eigenvalue weighted by Gasteiger charge is -2.41. The molecule has 2 unspecified atom stereocenters. The molecule has 3 aliphatic rings. The first kappa shape index (κ1) is 25.7. The van der Waals surface area contributed by atoms with Crippen LogP contribution in [0.25, 0.3) is 0 Å². The number of halogens is 1. The Bertz CT molecular complexity index is 927. The Labute approximate surface area is 206 Å². The van der Waals surface area contributed by atoms with E-state index in [1.165, 1.54) is 6.07 Å². The normalized spacial score (nSPS) is 29.2. The molecule has 1 saturated carbocycles. The molecule has 1 N–H and O–H groups in total. The molecule has 1 aromatic carbocycles. The summed E-state index contributed by atoms with van der Waals surface area (Å²) in [4.78, 5) is 26.8. The average molecular weight is 493 g/mol. The van der Waals surface area contributed by atoms with Crippen molar-refractivity contribution in [1.29, 1.82) is 0 Å². The quantitative estimate of drug-likeness (QED) is 0.674. The highest BCUT2D eigenvalue weighted by Gasteiger charge is 2.53. The van der Waals surface area contributed by atoms with Crippen LogP contribution >= 0.6 is 0 Å². The van der Waals surface area contributed by atoms with Crippen LogP contribution in [-0.4, -0.2) is 73.7 Å². The first-order chi connectivity index (χ1) is 16.6. The van der Waals surface area contributed by atoms with Gasteiger partial charge in [0.2, 0.25) is 5.91 Å². The molecule has 2 heterocycles. The van der Waals surface area contributed by atoms with E-state index in [9.17, 15) is 14.0 Å². The average Bonchev–Trinajstić information content (AvgIpc) is 3.13. The molecule has 2 atom stereocenters. The van der Waals surface area contributed by atoms with Crippen molar-refractivity contribution < 1.29 is 32.9 Å². The highest BCUT2D eigenvalue weighted by molar-refractivity contribution is 5.79. The van der Waals surface area contributed by atoms with Crippen molar-refractivity contribution in [1.82, 2.24) is 10.2 Å². The third kappa shape index (κ3) is 5.72. The van der Waals surface area contributed by atoms with Crippen LogP contribution < -0.4 is 10.1 Å². The van der Waals surface area contributed by atoms with Crippen LogP contribution in [0.4, 0.5) is 9.18 Å². The van der Waals surface area contributed by atoms with Crippen molar-refractivity contribution in [2.45, 2.75) is 82.1 Å². The first-order valence-corrected chi connectivity index (χ1v) is 12.4. The summed E-state index contributed by atoms with van der Waals surface area (Å²) in [5, 5.41) is 3.08. The topological polar surface area (TPSA) is 86.3 Å². The van der Waals surface area contributed by atoms with Gasteiger partial charge >= 0.3 is 6.09 Å². The second-order valence-corrected chi connectivity index (χ2v) is 10.8. The van der Waals surface area contributed by atoms with Gasteiger partial charge in [0.05, 0.1) is 38.0 Å². The van der Waals surface area contributed by atoms with Crippen molar-refractivity contribution in [3.8, 4) is 5.75 Å². The molecular formula is C26H37FN2O6. The molecule has 194 valence electrons. The maximum Gasteiger partial charge on any atom is 0.410 e. The van der Waals surface area contributed by atoms with Crippen molar-refractivity contribution in [2.24, 2.45) is 0 Å². The summed E-state index contributed by atoms with van der Waals surface area (Å²) in [5.74, 6) is 0.241.